The lowest BCUT2D eigenvalue weighted by atomic mass is 10.0. The number of aromatic carboxylic acids is 1. The summed E-state index contributed by atoms with van der Waals surface area (Å²) in [6.07, 6.45) is 1.47. The van der Waals surface area contributed by atoms with Crippen LogP contribution in [0.2, 0.25) is 5.02 Å². The van der Waals surface area contributed by atoms with Crippen LogP contribution in [0.25, 0.3) is 11.1 Å². The maximum Gasteiger partial charge on any atom is 0.339 e. The number of thiocarbonyl (C=S) groups is 1. The van der Waals surface area contributed by atoms with Crippen molar-refractivity contribution in [3.05, 3.63) is 75.6 Å². The Bertz CT molecular complexity index is 980. The highest BCUT2D eigenvalue weighted by Gasteiger charge is 2.20. The van der Waals surface area contributed by atoms with Crippen LogP contribution in [-0.4, -0.2) is 16.1 Å². The van der Waals surface area contributed by atoms with E-state index in [1.165, 1.54) is 22.5 Å². The van der Waals surface area contributed by atoms with Crippen LogP contribution in [0.4, 0.5) is 5.00 Å². The molecule has 1 aromatic heterocycles. The molecule has 0 aliphatic carbocycles. The van der Waals surface area contributed by atoms with Crippen molar-refractivity contribution in [3.8, 4) is 11.1 Å². The summed E-state index contributed by atoms with van der Waals surface area (Å²) in [4.78, 5) is 12.5. The number of carboxylic acids is 1. The second-order valence-electron chi connectivity index (χ2n) is 6.20. The maximum absolute atomic E-state index is 11.8. The number of hydrogen-bond acceptors (Lipinski definition) is 3. The van der Waals surface area contributed by atoms with Crippen molar-refractivity contribution in [2.45, 2.75) is 19.8 Å². The van der Waals surface area contributed by atoms with Crippen molar-refractivity contribution in [2.24, 2.45) is 0 Å². The van der Waals surface area contributed by atoms with Crippen LogP contribution in [0.1, 0.15) is 27.9 Å². The molecule has 0 bridgehead atoms. The van der Waals surface area contributed by atoms with Crippen molar-refractivity contribution in [2.75, 3.05) is 5.32 Å². The van der Waals surface area contributed by atoms with Gasteiger partial charge in [0, 0.05) is 22.4 Å². The zero-order chi connectivity index (χ0) is 19.4. The molecular formula is C21H18ClNO2S2. The number of thiophene rings is 1. The Morgan fingerprint density at radius 1 is 1.22 bits per heavy atom. The van der Waals surface area contributed by atoms with Gasteiger partial charge in [0.2, 0.25) is 0 Å². The van der Waals surface area contributed by atoms with Gasteiger partial charge in [0.05, 0.1) is 4.99 Å². The molecule has 0 spiro atoms. The number of benzene rings is 2. The highest BCUT2D eigenvalue weighted by atomic mass is 35.5. The first-order chi connectivity index (χ1) is 12.9. The van der Waals surface area contributed by atoms with E-state index in [-0.39, 0.29) is 5.56 Å². The summed E-state index contributed by atoms with van der Waals surface area (Å²) in [5, 5.41) is 15.8. The van der Waals surface area contributed by atoms with Gasteiger partial charge in [-0.05, 0) is 36.6 Å². The van der Waals surface area contributed by atoms with E-state index in [9.17, 15) is 9.90 Å². The molecule has 3 nitrogen and oxygen atoms in total. The molecule has 27 heavy (non-hydrogen) atoms. The molecule has 3 rings (SSSR count). The summed E-state index contributed by atoms with van der Waals surface area (Å²) in [5.74, 6) is -0.981. The SMILES string of the molecule is Cc1cccc(CCC(=S)Nc2scc(-c3ccc(Cl)cc3)c2C(=O)O)c1. The maximum atomic E-state index is 11.8. The fourth-order valence-electron chi connectivity index (χ4n) is 2.82. The average Bonchev–Trinajstić information content (AvgIpc) is 3.04. The lowest BCUT2D eigenvalue weighted by molar-refractivity contribution is 0.0699. The first kappa shape index (κ1) is 19.5. The molecule has 0 aliphatic heterocycles. The molecule has 0 aliphatic rings. The fourth-order valence-corrected chi connectivity index (χ4v) is 4.20. The van der Waals surface area contributed by atoms with Crippen LogP contribution in [0, 0.1) is 6.92 Å². The van der Waals surface area contributed by atoms with E-state index in [0.29, 0.717) is 27.0 Å². The molecule has 6 heteroatoms. The molecule has 0 saturated heterocycles. The molecule has 1 heterocycles. The van der Waals surface area contributed by atoms with Gasteiger partial charge in [0.1, 0.15) is 10.6 Å². The van der Waals surface area contributed by atoms with E-state index in [4.69, 9.17) is 23.8 Å². The zero-order valence-electron chi connectivity index (χ0n) is 14.7. The fraction of sp³-hybridized carbons (Fsp3) is 0.143. The van der Waals surface area contributed by atoms with Crippen LogP contribution in [0.3, 0.4) is 0 Å². The van der Waals surface area contributed by atoms with Crippen molar-refractivity contribution < 1.29 is 9.90 Å². The Morgan fingerprint density at radius 2 is 1.96 bits per heavy atom. The van der Waals surface area contributed by atoms with Gasteiger partial charge in [-0.3, -0.25) is 0 Å². The summed E-state index contributed by atoms with van der Waals surface area (Å²) < 4.78 is 0. The summed E-state index contributed by atoms with van der Waals surface area (Å²) >= 11 is 12.7. The molecule has 0 saturated carbocycles. The highest BCUT2D eigenvalue weighted by Crippen LogP contribution is 2.36. The van der Waals surface area contributed by atoms with Gasteiger partial charge in [-0.1, -0.05) is 65.8 Å². The number of nitrogens with one attached hydrogen (secondary N) is 1. The minimum absolute atomic E-state index is 0.236. The summed E-state index contributed by atoms with van der Waals surface area (Å²) in [6, 6.07) is 15.4. The topological polar surface area (TPSA) is 49.3 Å². The second kappa shape index (κ2) is 8.65. The number of carboxylic acid groups (broad SMARTS) is 1. The summed E-state index contributed by atoms with van der Waals surface area (Å²) in [7, 11) is 0. The molecule has 2 aromatic carbocycles. The summed E-state index contributed by atoms with van der Waals surface area (Å²) in [5.41, 5.74) is 4.14. The predicted molar refractivity (Wildman–Crippen MR) is 117 cm³/mol. The first-order valence-corrected chi connectivity index (χ1v) is 10.1. The molecule has 138 valence electrons. The second-order valence-corrected chi connectivity index (χ2v) is 8.01. The van der Waals surface area contributed by atoms with Gasteiger partial charge in [-0.15, -0.1) is 11.3 Å². The normalized spacial score (nSPS) is 10.6. The van der Waals surface area contributed by atoms with Gasteiger partial charge in [0.25, 0.3) is 0 Å². The highest BCUT2D eigenvalue weighted by molar-refractivity contribution is 7.80. The Labute approximate surface area is 172 Å². The number of anilines is 1. The molecule has 0 amide bonds. The molecular weight excluding hydrogens is 398 g/mol. The Morgan fingerprint density at radius 3 is 2.63 bits per heavy atom. The standard InChI is InChI=1S/C21H18ClNO2S2/c1-13-3-2-4-14(11-13)5-10-18(26)23-20-19(21(24)25)17(12-27-20)15-6-8-16(22)9-7-15/h2-4,6-9,11-12H,5,10H2,1H3,(H,23,26)(H,24,25). The Hall–Kier alpha value is -2.21. The smallest absolute Gasteiger partial charge is 0.339 e. The van der Waals surface area contributed by atoms with Crippen LogP contribution in [0.15, 0.2) is 53.9 Å². The third-order valence-corrected chi connectivity index (χ3v) is 5.59. The molecule has 3 aromatic rings. The van der Waals surface area contributed by atoms with Crippen molar-refractivity contribution in [1.82, 2.24) is 0 Å². The van der Waals surface area contributed by atoms with E-state index in [1.807, 2.05) is 23.6 Å². The van der Waals surface area contributed by atoms with Crippen molar-refractivity contribution in [3.63, 3.8) is 0 Å². The van der Waals surface area contributed by atoms with Crippen molar-refractivity contribution in [1.29, 1.82) is 0 Å². The van der Waals surface area contributed by atoms with Crippen LogP contribution in [0.5, 0.6) is 0 Å². The molecule has 0 unspecified atom stereocenters. The number of rotatable bonds is 6. The van der Waals surface area contributed by atoms with E-state index in [0.717, 1.165) is 12.0 Å². The predicted octanol–water partition coefficient (Wildman–Crippen LogP) is 6.45. The van der Waals surface area contributed by atoms with E-state index < -0.39 is 5.97 Å². The van der Waals surface area contributed by atoms with Crippen LogP contribution >= 0.6 is 35.2 Å². The molecule has 0 radical (unpaired) electrons. The third kappa shape index (κ3) is 4.95. The number of aryl methyl sites for hydroxylation is 2. The minimum Gasteiger partial charge on any atom is -0.478 e. The number of halogens is 1. The van der Waals surface area contributed by atoms with Gasteiger partial charge in [-0.25, -0.2) is 4.79 Å². The van der Waals surface area contributed by atoms with Crippen molar-refractivity contribution >= 4 is 51.1 Å². The van der Waals surface area contributed by atoms with Crippen LogP contribution in [-0.2, 0) is 6.42 Å². The van der Waals surface area contributed by atoms with E-state index in [2.05, 4.69) is 30.4 Å². The lowest BCUT2D eigenvalue weighted by Gasteiger charge is -2.09. The van der Waals surface area contributed by atoms with E-state index >= 15 is 0 Å². The first-order valence-electron chi connectivity index (χ1n) is 8.40. The largest absolute Gasteiger partial charge is 0.478 e. The number of hydrogen-bond donors (Lipinski definition) is 2. The van der Waals surface area contributed by atoms with Crippen LogP contribution < -0.4 is 5.32 Å². The molecule has 0 atom stereocenters. The van der Waals surface area contributed by atoms with Gasteiger partial charge in [0.15, 0.2) is 0 Å². The Kier molecular flexibility index (Phi) is 6.26. The van der Waals surface area contributed by atoms with Gasteiger partial charge in [-0.2, -0.15) is 0 Å². The summed E-state index contributed by atoms with van der Waals surface area (Å²) in [6.45, 7) is 2.06. The van der Waals surface area contributed by atoms with E-state index in [1.54, 1.807) is 12.1 Å². The minimum atomic E-state index is -0.981. The third-order valence-electron chi connectivity index (χ3n) is 4.14. The Balaban J connectivity index is 1.75. The quantitative estimate of drug-likeness (QED) is 0.454. The molecule has 2 N–H and O–H groups in total. The van der Waals surface area contributed by atoms with Gasteiger partial charge < -0.3 is 10.4 Å². The average molecular weight is 416 g/mol. The monoisotopic (exact) mass is 415 g/mol. The lowest BCUT2D eigenvalue weighted by Crippen LogP contribution is -2.12. The zero-order valence-corrected chi connectivity index (χ0v) is 17.0. The number of carbonyl (C=O) groups is 1. The molecule has 0 fully saturated rings. The van der Waals surface area contributed by atoms with Gasteiger partial charge >= 0.3 is 5.97 Å².